The monoisotopic (exact) mass is 542 g/mol. The number of hydrogen-bond donors (Lipinski definition) is 4. The van der Waals surface area contributed by atoms with Gasteiger partial charge in [0, 0.05) is 40.8 Å². The van der Waals surface area contributed by atoms with E-state index in [1.54, 1.807) is 66.9 Å². The van der Waals surface area contributed by atoms with E-state index >= 15 is 0 Å². The average Bonchev–Trinajstić information content (AvgIpc) is 2.96. The molecule has 9 nitrogen and oxygen atoms in total. The lowest BCUT2D eigenvalue weighted by Gasteiger charge is -2.15. The molecule has 0 radical (unpaired) electrons. The largest absolute Gasteiger partial charge is 0.481 e. The van der Waals surface area contributed by atoms with Crippen LogP contribution < -0.4 is 16.0 Å². The summed E-state index contributed by atoms with van der Waals surface area (Å²) >= 11 is 0. The molecule has 4 aromatic rings. The van der Waals surface area contributed by atoms with Crippen LogP contribution in [0, 0.1) is 0 Å². The fourth-order valence-corrected chi connectivity index (χ4v) is 5.19. The number of carboxylic acids is 1. The number of carbonyl (C=O) groups is 3. The van der Waals surface area contributed by atoms with Gasteiger partial charge in [-0.25, -0.2) is 4.79 Å². The van der Waals surface area contributed by atoms with Gasteiger partial charge >= 0.3 is 12.0 Å². The Bertz CT molecular complexity index is 1460. The molecule has 0 aliphatic carbocycles. The van der Waals surface area contributed by atoms with E-state index in [9.17, 15) is 23.7 Å². The summed E-state index contributed by atoms with van der Waals surface area (Å²) < 4.78 is 13.2. The average molecular weight is 543 g/mol. The molecular weight excluding hydrogens is 516 g/mol. The van der Waals surface area contributed by atoms with Crippen molar-refractivity contribution in [1.29, 1.82) is 0 Å². The van der Waals surface area contributed by atoms with E-state index in [1.165, 1.54) is 6.20 Å². The summed E-state index contributed by atoms with van der Waals surface area (Å²) in [6, 6.07) is 25.4. The molecule has 10 heteroatoms. The van der Waals surface area contributed by atoms with Gasteiger partial charge in [-0.05, 0) is 59.7 Å². The van der Waals surface area contributed by atoms with E-state index in [0.29, 0.717) is 33.9 Å². The highest BCUT2D eigenvalue weighted by Gasteiger charge is 2.24. The molecule has 198 valence electrons. The topological polar surface area (TPSA) is 137 Å². The highest BCUT2D eigenvalue weighted by molar-refractivity contribution is 7.85. The molecule has 4 N–H and O–H groups in total. The molecule has 1 heterocycles. The van der Waals surface area contributed by atoms with Gasteiger partial charge in [0.25, 0.3) is 5.91 Å². The minimum atomic E-state index is -1.65. The zero-order valence-corrected chi connectivity index (χ0v) is 21.6. The van der Waals surface area contributed by atoms with Gasteiger partial charge in [0.15, 0.2) is 0 Å². The van der Waals surface area contributed by atoms with Crippen LogP contribution in [0.2, 0.25) is 0 Å². The Kier molecular flexibility index (Phi) is 9.15. The van der Waals surface area contributed by atoms with Crippen LogP contribution in [-0.2, 0) is 22.1 Å². The van der Waals surface area contributed by atoms with Crippen molar-refractivity contribution in [3.8, 4) is 0 Å². The van der Waals surface area contributed by atoms with Gasteiger partial charge in [-0.1, -0.05) is 42.5 Å². The minimum Gasteiger partial charge on any atom is -0.481 e. The number of nitrogens with zero attached hydrogens (tertiary/aromatic N) is 1. The van der Waals surface area contributed by atoms with Gasteiger partial charge in [0.1, 0.15) is 0 Å². The van der Waals surface area contributed by atoms with Crippen molar-refractivity contribution >= 4 is 40.1 Å². The zero-order valence-electron chi connectivity index (χ0n) is 20.7. The van der Waals surface area contributed by atoms with E-state index in [-0.39, 0.29) is 6.42 Å². The molecule has 39 heavy (non-hydrogen) atoms. The normalized spacial score (nSPS) is 12.1. The molecule has 2 unspecified atom stereocenters. The van der Waals surface area contributed by atoms with Crippen molar-refractivity contribution in [2.75, 3.05) is 10.6 Å². The summed E-state index contributed by atoms with van der Waals surface area (Å²) in [5.74, 6) is -1.46. The fourth-order valence-electron chi connectivity index (χ4n) is 3.77. The number of anilines is 2. The Morgan fingerprint density at radius 1 is 0.846 bits per heavy atom. The number of urea groups is 1. The van der Waals surface area contributed by atoms with E-state index in [1.807, 2.05) is 30.3 Å². The van der Waals surface area contributed by atoms with Crippen LogP contribution in [0.1, 0.15) is 33.2 Å². The maximum Gasteiger partial charge on any atom is 0.319 e. The van der Waals surface area contributed by atoms with Crippen LogP contribution in [0.25, 0.3) is 0 Å². The van der Waals surface area contributed by atoms with Crippen molar-refractivity contribution in [3.05, 3.63) is 120 Å². The second-order valence-electron chi connectivity index (χ2n) is 8.52. The molecule has 0 saturated heterocycles. The zero-order chi connectivity index (χ0) is 27.6. The molecule has 0 fully saturated rings. The van der Waals surface area contributed by atoms with E-state index in [0.717, 1.165) is 5.56 Å². The second kappa shape index (κ2) is 13.1. The van der Waals surface area contributed by atoms with E-state index in [4.69, 9.17) is 0 Å². The van der Waals surface area contributed by atoms with E-state index < -0.39 is 34.0 Å². The molecule has 0 aliphatic rings. The summed E-state index contributed by atoms with van der Waals surface area (Å²) in [4.78, 5) is 40.9. The molecule has 2 atom stereocenters. The van der Waals surface area contributed by atoms with Gasteiger partial charge in [-0.2, -0.15) is 0 Å². The fraction of sp³-hybridized carbons (Fsp3) is 0.103. The summed E-state index contributed by atoms with van der Waals surface area (Å²) in [7, 11) is -1.65. The van der Waals surface area contributed by atoms with Gasteiger partial charge in [-0.15, -0.1) is 0 Å². The number of carboxylic acid groups (broad SMARTS) is 1. The number of carbonyl (C=O) groups excluding carboxylic acids is 2. The van der Waals surface area contributed by atoms with Gasteiger partial charge in [-0.3, -0.25) is 18.8 Å². The Labute approximate surface area is 227 Å². The number of benzene rings is 3. The number of pyridine rings is 1. The lowest BCUT2D eigenvalue weighted by molar-refractivity contribution is -0.137. The number of amides is 3. The third-order valence-electron chi connectivity index (χ3n) is 5.70. The first-order valence-corrected chi connectivity index (χ1v) is 13.2. The molecule has 0 spiro atoms. The molecule has 0 aliphatic heterocycles. The lowest BCUT2D eigenvalue weighted by atomic mass is 10.1. The van der Waals surface area contributed by atoms with Crippen molar-refractivity contribution in [1.82, 2.24) is 10.3 Å². The Balaban J connectivity index is 1.37. The first-order valence-electron chi connectivity index (χ1n) is 12.0. The first-order chi connectivity index (χ1) is 18.9. The summed E-state index contributed by atoms with van der Waals surface area (Å²) in [6.45, 7) is 0.368. The molecule has 1 aromatic heterocycles. The predicted octanol–water partition coefficient (Wildman–Crippen LogP) is 4.98. The Morgan fingerprint density at radius 3 is 2.31 bits per heavy atom. The van der Waals surface area contributed by atoms with Crippen LogP contribution in [0.5, 0.6) is 0 Å². The van der Waals surface area contributed by atoms with Crippen LogP contribution in [0.15, 0.2) is 108 Å². The van der Waals surface area contributed by atoms with Crippen molar-refractivity contribution < 1.29 is 23.7 Å². The van der Waals surface area contributed by atoms with E-state index in [2.05, 4.69) is 20.9 Å². The molecule has 0 bridgehead atoms. The Hall–Kier alpha value is -4.83. The smallest absolute Gasteiger partial charge is 0.319 e. The van der Waals surface area contributed by atoms with Gasteiger partial charge < -0.3 is 21.1 Å². The molecule has 3 aromatic carbocycles. The number of nitrogens with one attached hydrogen (secondary N) is 3. The third kappa shape index (κ3) is 7.83. The van der Waals surface area contributed by atoms with Gasteiger partial charge in [0.2, 0.25) is 0 Å². The molecular formula is C29H26N4O5S. The minimum absolute atomic E-state index is 0.314. The second-order valence-corrected chi connectivity index (χ2v) is 10.2. The molecule has 0 saturated carbocycles. The standard InChI is InChI=1S/C29H26N4O5S/c34-27(35)17-26(22-9-5-15-30-19-22)39(38)25-13-11-23(12-14-25)32-28(36)21-8-4-10-24(16-21)33-29(37)31-18-20-6-2-1-3-7-20/h1-16,19,26H,17-18H2,(H,32,36)(H,34,35)(H2,31,33,37). The SMILES string of the molecule is O=C(O)CC(c1cccnc1)S(=O)c1ccc(NC(=O)c2cccc(NC(=O)NCc3ccccc3)c2)cc1. The number of aromatic nitrogens is 1. The quantitative estimate of drug-likeness (QED) is 0.223. The van der Waals surface area contributed by atoms with Crippen LogP contribution in [0.3, 0.4) is 0 Å². The van der Waals surface area contributed by atoms with Crippen molar-refractivity contribution in [3.63, 3.8) is 0 Å². The lowest BCUT2D eigenvalue weighted by Crippen LogP contribution is -2.28. The first kappa shape index (κ1) is 27.2. The third-order valence-corrected chi connectivity index (χ3v) is 7.39. The summed E-state index contributed by atoms with van der Waals surface area (Å²) in [5.41, 5.74) is 2.79. The van der Waals surface area contributed by atoms with Gasteiger partial charge in [0.05, 0.1) is 22.5 Å². The van der Waals surface area contributed by atoms with Crippen LogP contribution >= 0.6 is 0 Å². The summed E-state index contributed by atoms with van der Waals surface area (Å²) in [5, 5.41) is 16.8. The van der Waals surface area contributed by atoms with Crippen LogP contribution in [0.4, 0.5) is 16.2 Å². The highest BCUT2D eigenvalue weighted by atomic mass is 32.2. The Morgan fingerprint density at radius 2 is 1.62 bits per heavy atom. The number of rotatable bonds is 10. The highest BCUT2D eigenvalue weighted by Crippen LogP contribution is 2.29. The molecule has 4 rings (SSSR count). The predicted molar refractivity (Wildman–Crippen MR) is 149 cm³/mol. The van der Waals surface area contributed by atoms with Crippen LogP contribution in [-0.4, -0.2) is 32.2 Å². The van der Waals surface area contributed by atoms with Crippen molar-refractivity contribution in [2.45, 2.75) is 23.1 Å². The number of hydrogen-bond acceptors (Lipinski definition) is 5. The number of aliphatic carboxylic acids is 1. The van der Waals surface area contributed by atoms with Crippen molar-refractivity contribution in [2.24, 2.45) is 0 Å². The summed E-state index contributed by atoms with van der Waals surface area (Å²) in [6.07, 6.45) is 2.76. The maximum absolute atomic E-state index is 13.2. The molecule has 3 amide bonds. The maximum atomic E-state index is 13.2.